The van der Waals surface area contributed by atoms with Crippen LogP contribution in [-0.2, 0) is 27.9 Å². The van der Waals surface area contributed by atoms with Crippen molar-refractivity contribution in [2.45, 2.75) is 51.4 Å². The van der Waals surface area contributed by atoms with Crippen LogP contribution < -0.4 is 15.5 Å². The molecule has 3 aliphatic heterocycles. The number of piperazine rings is 2. The van der Waals surface area contributed by atoms with Crippen LogP contribution >= 0.6 is 0 Å². The lowest BCUT2D eigenvalue weighted by Gasteiger charge is -2.35. The highest BCUT2D eigenvalue weighted by atomic mass is 16.3. The molecule has 3 saturated heterocycles. The van der Waals surface area contributed by atoms with Crippen LogP contribution in [0.15, 0.2) is 78.9 Å². The standard InChI is InChI=1S/C49H59N11O4/c1-34-45(48-51-41(36-13-6-3-7-14-36)32-43(60(48)53-34)58-25-21-57(22-26-58)29-30-61)37-15-9-12-35(31-37)11-5-4-8-20-56-23-27-59(28-24-56)44(63)33-50-40-17-10-16-38-46(54-55(2)47(38)40)39-18-19-42(62)52-49(39)64/h3,6-7,9-10,12-17,31-32,39,50,61H,4-5,8,11,18-30,33H2,1-2H3,(H,52,62,64). The van der Waals surface area contributed by atoms with E-state index in [4.69, 9.17) is 10.1 Å². The number of aromatic nitrogens is 5. The van der Waals surface area contributed by atoms with Gasteiger partial charge in [0.2, 0.25) is 17.7 Å². The van der Waals surface area contributed by atoms with Crippen molar-refractivity contribution in [3.63, 3.8) is 0 Å². The summed E-state index contributed by atoms with van der Waals surface area (Å²) in [5.41, 5.74) is 9.63. The fourth-order valence-electron chi connectivity index (χ4n) is 9.72. The maximum Gasteiger partial charge on any atom is 0.241 e. The Balaban J connectivity index is 0.768. The highest BCUT2D eigenvalue weighted by Crippen LogP contribution is 2.35. The van der Waals surface area contributed by atoms with Gasteiger partial charge in [-0.2, -0.15) is 14.7 Å². The van der Waals surface area contributed by atoms with Gasteiger partial charge in [0, 0.05) is 95.0 Å². The van der Waals surface area contributed by atoms with Crippen LogP contribution in [0.3, 0.4) is 0 Å². The Morgan fingerprint density at radius 3 is 2.36 bits per heavy atom. The number of aryl methyl sites for hydroxylation is 3. The number of anilines is 2. The monoisotopic (exact) mass is 865 g/mol. The number of hydrogen-bond acceptors (Lipinski definition) is 11. The van der Waals surface area contributed by atoms with Crippen molar-refractivity contribution in [3.05, 3.63) is 95.8 Å². The number of amides is 3. The predicted molar refractivity (Wildman–Crippen MR) is 249 cm³/mol. The fraction of sp³-hybridized carbons (Fsp3) is 0.429. The first-order valence-corrected chi connectivity index (χ1v) is 22.9. The average molecular weight is 866 g/mol. The molecule has 0 bridgehead atoms. The van der Waals surface area contributed by atoms with Crippen molar-refractivity contribution in [2.24, 2.45) is 7.05 Å². The second-order valence-corrected chi connectivity index (χ2v) is 17.4. The quantitative estimate of drug-likeness (QED) is 0.0958. The number of aliphatic hydroxyl groups is 1. The first kappa shape index (κ1) is 43.1. The van der Waals surface area contributed by atoms with E-state index in [2.05, 4.69) is 92.0 Å². The molecule has 334 valence electrons. The first-order chi connectivity index (χ1) is 31.2. The Labute approximate surface area is 374 Å². The van der Waals surface area contributed by atoms with Crippen LogP contribution in [0, 0.1) is 6.92 Å². The van der Waals surface area contributed by atoms with Crippen molar-refractivity contribution < 1.29 is 19.5 Å². The third kappa shape index (κ3) is 9.24. The maximum atomic E-state index is 13.3. The maximum absolute atomic E-state index is 13.3. The van der Waals surface area contributed by atoms with Gasteiger partial charge < -0.3 is 20.2 Å². The lowest BCUT2D eigenvalue weighted by Crippen LogP contribution is -2.50. The summed E-state index contributed by atoms with van der Waals surface area (Å²) in [7, 11) is 1.84. The highest BCUT2D eigenvalue weighted by Gasteiger charge is 2.32. The number of benzene rings is 3. The Hall–Kier alpha value is -6.16. The average Bonchev–Trinajstić information content (AvgIpc) is 3.84. The van der Waals surface area contributed by atoms with E-state index in [0.29, 0.717) is 38.2 Å². The van der Waals surface area contributed by atoms with Crippen LogP contribution in [0.2, 0.25) is 0 Å². The van der Waals surface area contributed by atoms with Gasteiger partial charge in [-0.1, -0.05) is 73.2 Å². The molecule has 9 rings (SSSR count). The Bertz CT molecular complexity index is 2630. The van der Waals surface area contributed by atoms with E-state index in [1.165, 1.54) is 5.56 Å². The van der Waals surface area contributed by atoms with E-state index in [1.54, 1.807) is 4.68 Å². The minimum atomic E-state index is -0.481. The molecule has 15 heteroatoms. The minimum Gasteiger partial charge on any atom is -0.395 e. The summed E-state index contributed by atoms with van der Waals surface area (Å²) < 4.78 is 3.78. The van der Waals surface area contributed by atoms with E-state index < -0.39 is 5.92 Å². The first-order valence-electron chi connectivity index (χ1n) is 22.9. The minimum absolute atomic E-state index is 0.0620. The molecule has 1 unspecified atom stereocenters. The lowest BCUT2D eigenvalue weighted by molar-refractivity contribution is -0.134. The second kappa shape index (κ2) is 19.3. The third-order valence-corrected chi connectivity index (χ3v) is 13.2. The number of imide groups is 1. The number of unbranched alkanes of at least 4 members (excludes halogenated alkanes) is 2. The summed E-state index contributed by atoms with van der Waals surface area (Å²) in [4.78, 5) is 52.1. The van der Waals surface area contributed by atoms with E-state index in [1.807, 2.05) is 40.7 Å². The number of carbonyl (C=O) groups excluding carboxylic acids is 3. The van der Waals surface area contributed by atoms with Crippen LogP contribution in [0.4, 0.5) is 11.5 Å². The van der Waals surface area contributed by atoms with Gasteiger partial charge in [0.1, 0.15) is 5.82 Å². The number of hydrogen-bond donors (Lipinski definition) is 3. The van der Waals surface area contributed by atoms with Gasteiger partial charge >= 0.3 is 0 Å². The molecule has 3 amide bonds. The number of rotatable bonds is 15. The van der Waals surface area contributed by atoms with Crippen LogP contribution in [-0.4, -0.2) is 141 Å². The Morgan fingerprint density at radius 1 is 0.828 bits per heavy atom. The topological polar surface area (TPSA) is 156 Å². The molecule has 3 aromatic carbocycles. The molecule has 3 aliphatic rings. The molecule has 0 saturated carbocycles. The zero-order chi connectivity index (χ0) is 44.2. The van der Waals surface area contributed by atoms with Gasteiger partial charge in [-0.05, 0) is 56.3 Å². The third-order valence-electron chi connectivity index (χ3n) is 13.2. The molecule has 64 heavy (non-hydrogen) atoms. The van der Waals surface area contributed by atoms with E-state index in [9.17, 15) is 19.5 Å². The van der Waals surface area contributed by atoms with Crippen LogP contribution in [0.25, 0.3) is 38.9 Å². The summed E-state index contributed by atoms with van der Waals surface area (Å²) in [6, 6.07) is 27.2. The smallest absolute Gasteiger partial charge is 0.241 e. The molecular formula is C49H59N11O4. The fourth-order valence-corrected chi connectivity index (χ4v) is 9.72. The van der Waals surface area contributed by atoms with E-state index in [0.717, 1.165) is 128 Å². The van der Waals surface area contributed by atoms with Crippen molar-refractivity contribution in [1.29, 1.82) is 0 Å². The van der Waals surface area contributed by atoms with Gasteiger partial charge in [0.05, 0.1) is 47.4 Å². The number of nitrogens with zero attached hydrogens (tertiary/aromatic N) is 9. The largest absolute Gasteiger partial charge is 0.395 e. The SMILES string of the molecule is Cc1nn2c(N3CCN(CCO)CC3)cc(-c3ccccc3)nc2c1-c1cccc(CCCCCN2CCN(C(=O)CNc3cccc4c(C5CCC(=O)NC5=O)nn(C)c34)CC2)c1. The van der Waals surface area contributed by atoms with Crippen molar-refractivity contribution in [2.75, 3.05) is 88.8 Å². The van der Waals surface area contributed by atoms with Gasteiger partial charge in [0.15, 0.2) is 5.65 Å². The summed E-state index contributed by atoms with van der Waals surface area (Å²) >= 11 is 0. The predicted octanol–water partition coefficient (Wildman–Crippen LogP) is 4.86. The Morgan fingerprint density at radius 2 is 1.58 bits per heavy atom. The molecule has 1 atom stereocenters. The number of carbonyl (C=O) groups is 3. The molecule has 3 fully saturated rings. The van der Waals surface area contributed by atoms with E-state index in [-0.39, 0.29) is 30.9 Å². The highest BCUT2D eigenvalue weighted by molar-refractivity contribution is 6.03. The van der Waals surface area contributed by atoms with Gasteiger partial charge in [-0.15, -0.1) is 0 Å². The molecule has 6 aromatic rings. The summed E-state index contributed by atoms with van der Waals surface area (Å²) in [6.45, 7) is 10.8. The van der Waals surface area contributed by atoms with Crippen molar-refractivity contribution in [1.82, 2.24) is 44.4 Å². The van der Waals surface area contributed by atoms with Crippen molar-refractivity contribution in [3.8, 4) is 22.4 Å². The summed E-state index contributed by atoms with van der Waals surface area (Å²) in [6.07, 6.45) is 5.06. The molecule has 0 radical (unpaired) electrons. The van der Waals surface area contributed by atoms with Gasteiger partial charge in [-0.25, -0.2) is 4.98 Å². The number of para-hydroxylation sites is 1. The van der Waals surface area contributed by atoms with E-state index >= 15 is 0 Å². The zero-order valence-corrected chi connectivity index (χ0v) is 37.0. The summed E-state index contributed by atoms with van der Waals surface area (Å²) in [5, 5.41) is 25.9. The van der Waals surface area contributed by atoms with Crippen LogP contribution in [0.1, 0.15) is 55.0 Å². The summed E-state index contributed by atoms with van der Waals surface area (Å²) in [5.74, 6) is 0.0648. The van der Waals surface area contributed by atoms with Gasteiger partial charge in [0.25, 0.3) is 0 Å². The van der Waals surface area contributed by atoms with Crippen LogP contribution in [0.5, 0.6) is 0 Å². The second-order valence-electron chi connectivity index (χ2n) is 17.4. The molecule has 6 heterocycles. The number of β-amino-alcohol motifs (C(OH)–C–C–N with tert-alkyl or cyclic N) is 1. The Kier molecular flexibility index (Phi) is 13.0. The number of fused-ring (bicyclic) bond motifs is 2. The number of aliphatic hydroxyl groups excluding tert-OH is 1. The van der Waals surface area contributed by atoms with Gasteiger partial charge in [-0.3, -0.25) is 34.2 Å². The molecule has 0 spiro atoms. The number of piperidine rings is 1. The molecule has 3 aromatic heterocycles. The number of nitrogens with one attached hydrogen (secondary N) is 2. The van der Waals surface area contributed by atoms with Crippen molar-refractivity contribution >= 4 is 45.8 Å². The molecule has 15 nitrogen and oxygen atoms in total. The molecule has 3 N–H and O–H groups in total. The molecular weight excluding hydrogens is 807 g/mol. The zero-order valence-electron chi connectivity index (χ0n) is 37.0. The lowest BCUT2D eigenvalue weighted by atomic mass is 9.92. The normalized spacial score (nSPS) is 17.7. The molecule has 0 aliphatic carbocycles.